The van der Waals surface area contributed by atoms with Gasteiger partial charge in [-0.2, -0.15) is 5.26 Å². The number of nitriles is 1. The number of ether oxygens (including phenoxy) is 1. The number of nitrogens with one attached hydrogen (secondary N) is 2. The molecule has 2 rings (SSSR count). The van der Waals surface area contributed by atoms with Crippen molar-refractivity contribution < 1.29 is 9.53 Å². The van der Waals surface area contributed by atoms with Gasteiger partial charge in [-0.15, -0.1) is 0 Å². The first-order valence-corrected chi connectivity index (χ1v) is 7.54. The summed E-state index contributed by atoms with van der Waals surface area (Å²) >= 11 is 6.03. The van der Waals surface area contributed by atoms with Crippen LogP contribution < -0.4 is 15.4 Å². The molecule has 0 saturated heterocycles. The predicted octanol–water partition coefficient (Wildman–Crippen LogP) is 3.48. The predicted molar refractivity (Wildman–Crippen MR) is 93.6 cm³/mol. The van der Waals surface area contributed by atoms with Gasteiger partial charge < -0.3 is 15.4 Å². The highest BCUT2D eigenvalue weighted by Gasteiger charge is 2.08. The van der Waals surface area contributed by atoms with Gasteiger partial charge >= 0.3 is 0 Å². The van der Waals surface area contributed by atoms with Crippen molar-refractivity contribution in [2.75, 3.05) is 12.4 Å². The van der Waals surface area contributed by atoms with Crippen molar-refractivity contribution in [2.45, 2.75) is 6.54 Å². The molecule has 0 atom stereocenters. The number of hydrogen-bond acceptors (Lipinski definition) is 4. The van der Waals surface area contributed by atoms with Gasteiger partial charge in [-0.1, -0.05) is 41.9 Å². The third-order valence-corrected chi connectivity index (χ3v) is 3.49. The second kappa shape index (κ2) is 8.61. The zero-order valence-electron chi connectivity index (χ0n) is 13.0. The molecule has 24 heavy (non-hydrogen) atoms. The van der Waals surface area contributed by atoms with Crippen LogP contribution in [0.3, 0.4) is 0 Å². The highest BCUT2D eigenvalue weighted by molar-refractivity contribution is 6.32. The van der Waals surface area contributed by atoms with E-state index in [-0.39, 0.29) is 5.57 Å². The summed E-state index contributed by atoms with van der Waals surface area (Å²) < 4.78 is 5.07. The molecule has 2 N–H and O–H groups in total. The number of carbonyl (C=O) groups excluding carboxylic acids is 1. The van der Waals surface area contributed by atoms with Gasteiger partial charge in [-0.05, 0) is 23.8 Å². The van der Waals surface area contributed by atoms with Crippen LogP contribution in [0.1, 0.15) is 5.56 Å². The van der Waals surface area contributed by atoms with Gasteiger partial charge in [-0.25, -0.2) is 0 Å². The van der Waals surface area contributed by atoms with E-state index in [0.717, 1.165) is 5.56 Å². The molecule has 2 aromatic rings. The molecule has 0 radical (unpaired) electrons. The van der Waals surface area contributed by atoms with Crippen molar-refractivity contribution in [3.63, 3.8) is 0 Å². The fraction of sp³-hybridized carbons (Fsp3) is 0.111. The van der Waals surface area contributed by atoms with Crippen LogP contribution in [0, 0.1) is 11.3 Å². The number of amides is 1. The number of hydrogen-bond donors (Lipinski definition) is 2. The number of rotatable bonds is 6. The Labute approximate surface area is 145 Å². The number of methoxy groups -OCH3 is 1. The summed E-state index contributed by atoms with van der Waals surface area (Å²) in [5.74, 6) is 0.0979. The standard InChI is InChI=1S/C18H16ClN3O2/c1-24-17-8-7-15(9-16(17)19)21-12-14(10-20)18(23)22-11-13-5-3-2-4-6-13/h2-9,12,21H,11H2,1H3,(H,22,23)/b14-12-. The van der Waals surface area contributed by atoms with Gasteiger partial charge in [0.15, 0.2) is 0 Å². The largest absolute Gasteiger partial charge is 0.495 e. The third-order valence-electron chi connectivity index (χ3n) is 3.20. The third kappa shape index (κ3) is 4.77. The Morgan fingerprint density at radius 1 is 1.29 bits per heavy atom. The summed E-state index contributed by atoms with van der Waals surface area (Å²) in [5, 5.41) is 15.2. The second-order valence-electron chi connectivity index (χ2n) is 4.83. The van der Waals surface area contributed by atoms with Gasteiger partial charge in [0.25, 0.3) is 5.91 Å². The van der Waals surface area contributed by atoms with Gasteiger partial charge in [0, 0.05) is 18.4 Å². The minimum Gasteiger partial charge on any atom is -0.495 e. The molecule has 0 bridgehead atoms. The average Bonchev–Trinajstić information content (AvgIpc) is 2.61. The van der Waals surface area contributed by atoms with E-state index >= 15 is 0 Å². The number of anilines is 1. The summed E-state index contributed by atoms with van der Waals surface area (Å²) in [5.41, 5.74) is 1.57. The fourth-order valence-electron chi connectivity index (χ4n) is 1.93. The van der Waals surface area contributed by atoms with Crippen LogP contribution in [0.2, 0.25) is 5.02 Å². The second-order valence-corrected chi connectivity index (χ2v) is 5.24. The molecule has 0 aliphatic rings. The minimum atomic E-state index is -0.450. The fourth-order valence-corrected chi connectivity index (χ4v) is 2.19. The Balaban J connectivity index is 1.99. The first-order chi connectivity index (χ1) is 11.6. The van der Waals surface area contributed by atoms with E-state index in [9.17, 15) is 4.79 Å². The Kier molecular flexibility index (Phi) is 6.23. The van der Waals surface area contributed by atoms with Crippen LogP contribution in [0.4, 0.5) is 5.69 Å². The van der Waals surface area contributed by atoms with E-state index in [2.05, 4.69) is 10.6 Å². The molecule has 2 aromatic carbocycles. The highest BCUT2D eigenvalue weighted by atomic mass is 35.5. The molecule has 5 nitrogen and oxygen atoms in total. The quantitative estimate of drug-likeness (QED) is 0.623. The van der Waals surface area contributed by atoms with Crippen LogP contribution >= 0.6 is 11.6 Å². The first kappa shape index (κ1) is 17.4. The van der Waals surface area contributed by atoms with Crippen molar-refractivity contribution in [1.82, 2.24) is 5.32 Å². The number of benzene rings is 2. The van der Waals surface area contributed by atoms with Crippen LogP contribution in [0.25, 0.3) is 0 Å². The maximum atomic E-state index is 12.0. The van der Waals surface area contributed by atoms with Crippen LogP contribution in [-0.4, -0.2) is 13.0 Å². The molecule has 0 unspecified atom stereocenters. The van der Waals surface area contributed by atoms with Crippen molar-refractivity contribution in [3.05, 3.63) is 70.9 Å². The SMILES string of the molecule is COc1ccc(N/C=C(/C#N)C(=O)NCc2ccccc2)cc1Cl. The van der Waals surface area contributed by atoms with E-state index in [1.165, 1.54) is 13.3 Å². The number of halogens is 1. The van der Waals surface area contributed by atoms with E-state index in [1.807, 2.05) is 36.4 Å². The van der Waals surface area contributed by atoms with Gasteiger partial charge in [0.05, 0.1) is 12.1 Å². The molecule has 0 aliphatic carbocycles. The van der Waals surface area contributed by atoms with Crippen LogP contribution in [-0.2, 0) is 11.3 Å². The molecule has 6 heteroatoms. The van der Waals surface area contributed by atoms with E-state index in [1.54, 1.807) is 18.2 Å². The Bertz CT molecular complexity index is 783. The monoisotopic (exact) mass is 341 g/mol. The van der Waals surface area contributed by atoms with Crippen molar-refractivity contribution in [1.29, 1.82) is 5.26 Å². The highest BCUT2D eigenvalue weighted by Crippen LogP contribution is 2.27. The number of carbonyl (C=O) groups is 1. The lowest BCUT2D eigenvalue weighted by molar-refractivity contribution is -0.117. The molecule has 0 fully saturated rings. The Morgan fingerprint density at radius 2 is 2.04 bits per heavy atom. The molecule has 0 aromatic heterocycles. The molecule has 0 saturated carbocycles. The lowest BCUT2D eigenvalue weighted by Crippen LogP contribution is -2.24. The Morgan fingerprint density at radius 3 is 2.67 bits per heavy atom. The van der Waals surface area contributed by atoms with Crippen LogP contribution in [0.15, 0.2) is 60.3 Å². The molecule has 122 valence electrons. The summed E-state index contributed by atoms with van der Waals surface area (Å²) in [7, 11) is 1.53. The summed E-state index contributed by atoms with van der Waals surface area (Å²) in [6.07, 6.45) is 1.35. The molecule has 0 heterocycles. The molecule has 0 spiro atoms. The minimum absolute atomic E-state index is 0.0297. The van der Waals surface area contributed by atoms with E-state index < -0.39 is 5.91 Å². The molecular weight excluding hydrogens is 326 g/mol. The lowest BCUT2D eigenvalue weighted by atomic mass is 10.2. The number of nitrogens with zero attached hydrogens (tertiary/aromatic N) is 1. The topological polar surface area (TPSA) is 74.1 Å². The van der Waals surface area contributed by atoms with E-state index in [4.69, 9.17) is 21.6 Å². The van der Waals surface area contributed by atoms with Crippen molar-refractivity contribution in [2.24, 2.45) is 0 Å². The Hall–Kier alpha value is -2.97. The maximum Gasteiger partial charge on any atom is 0.263 e. The molecular formula is C18H16ClN3O2. The smallest absolute Gasteiger partial charge is 0.263 e. The zero-order chi connectivity index (χ0) is 17.4. The summed E-state index contributed by atoms with van der Waals surface area (Å²) in [6, 6.07) is 16.4. The van der Waals surface area contributed by atoms with Gasteiger partial charge in [0.2, 0.25) is 0 Å². The maximum absolute atomic E-state index is 12.0. The average molecular weight is 342 g/mol. The zero-order valence-corrected chi connectivity index (χ0v) is 13.8. The van der Waals surface area contributed by atoms with Gasteiger partial charge in [0.1, 0.15) is 17.4 Å². The molecule has 1 amide bonds. The van der Waals surface area contributed by atoms with Crippen molar-refractivity contribution >= 4 is 23.2 Å². The van der Waals surface area contributed by atoms with Crippen LogP contribution in [0.5, 0.6) is 5.75 Å². The normalized spacial score (nSPS) is 10.6. The summed E-state index contributed by atoms with van der Waals surface area (Å²) in [4.78, 5) is 12.0. The molecule has 0 aliphatic heterocycles. The van der Waals surface area contributed by atoms with Gasteiger partial charge in [-0.3, -0.25) is 4.79 Å². The summed E-state index contributed by atoms with van der Waals surface area (Å²) in [6.45, 7) is 0.354. The van der Waals surface area contributed by atoms with Crippen molar-refractivity contribution in [3.8, 4) is 11.8 Å². The lowest BCUT2D eigenvalue weighted by Gasteiger charge is -2.07. The first-order valence-electron chi connectivity index (χ1n) is 7.16. The van der Waals surface area contributed by atoms with E-state index in [0.29, 0.717) is 23.0 Å².